The summed E-state index contributed by atoms with van der Waals surface area (Å²) in [5, 5.41) is 4.29. The molecule has 4 nitrogen and oxygen atoms in total. The molecule has 0 N–H and O–H groups in total. The van der Waals surface area contributed by atoms with E-state index in [1.807, 2.05) is 0 Å². The van der Waals surface area contributed by atoms with Gasteiger partial charge in [0.1, 0.15) is 0 Å². The van der Waals surface area contributed by atoms with Crippen LogP contribution in [0.3, 0.4) is 0 Å². The molecule has 0 amide bonds. The van der Waals surface area contributed by atoms with Gasteiger partial charge in [-0.2, -0.15) is 0 Å². The quantitative estimate of drug-likeness (QED) is 0.0491. The van der Waals surface area contributed by atoms with Gasteiger partial charge in [0.15, 0.2) is 0 Å². The van der Waals surface area contributed by atoms with Crippen LogP contribution in [0.15, 0.2) is 22.9 Å². The fourth-order valence-corrected chi connectivity index (χ4v) is 19.7. The summed E-state index contributed by atoms with van der Waals surface area (Å²) in [7, 11) is 0. The van der Waals surface area contributed by atoms with E-state index in [-0.39, 0.29) is 11.9 Å². The Hall–Kier alpha value is -0.861. The van der Waals surface area contributed by atoms with Gasteiger partial charge in [-0.1, -0.05) is 65.2 Å². The van der Waals surface area contributed by atoms with Crippen LogP contribution in [0.5, 0.6) is 0 Å². The van der Waals surface area contributed by atoms with Gasteiger partial charge in [0, 0.05) is 0 Å². The first-order valence-electron chi connectivity index (χ1n) is 25.5. The van der Waals surface area contributed by atoms with Crippen LogP contribution in [0.1, 0.15) is 254 Å². The van der Waals surface area contributed by atoms with Crippen LogP contribution in [0, 0.1) is 0 Å². The van der Waals surface area contributed by atoms with Crippen LogP contribution < -0.4 is 0 Å². The number of aryl methyl sites for hydroxylation is 2. The maximum absolute atomic E-state index is 14.0. The Morgan fingerprint density at radius 2 is 0.678 bits per heavy atom. The van der Waals surface area contributed by atoms with Crippen molar-refractivity contribution < 1.29 is 15.7 Å². The number of unbranched alkanes of at least 4 members (excludes halogenated alkanes) is 28. The van der Waals surface area contributed by atoms with Gasteiger partial charge in [-0.05, 0) is 0 Å². The normalized spacial score (nSPS) is 11.7. The Labute approximate surface area is 378 Å². The summed E-state index contributed by atoms with van der Waals surface area (Å²) in [5.41, 5.74) is 2.62. The van der Waals surface area contributed by atoms with Crippen LogP contribution >= 0.6 is 22.7 Å². The van der Waals surface area contributed by atoms with E-state index in [4.69, 9.17) is 6.15 Å². The smallest absolute Gasteiger partial charge is 0.0654 e. The molecule has 340 valence electrons. The molecule has 0 saturated carbocycles. The van der Waals surface area contributed by atoms with Crippen molar-refractivity contribution in [2.75, 3.05) is 0 Å². The molecule has 0 aromatic carbocycles. The fraction of sp³-hybridized carbons (Fsp3) is 0.808. The first kappa shape index (κ1) is 54.3. The standard InChI is InChI=1S/2C18H30O2S.2C8H17.Sn/c2*1-2-3-4-5-6-7-8-9-10-11-12-16-13-14-21-17(16)15-18(19)20;2*1-3-5-7-8-6-4-2;/h2*13-14H,2-12,15H2,1H3,(H,19,20);2*1,3-8H2,2H3;/q;;;;+2/p-2. The Morgan fingerprint density at radius 1 is 0.407 bits per heavy atom. The minimum absolute atomic E-state index is 0.157. The van der Waals surface area contributed by atoms with E-state index in [0.717, 1.165) is 57.2 Å². The molecule has 0 aliphatic carbocycles. The van der Waals surface area contributed by atoms with Gasteiger partial charge >= 0.3 is 316 Å². The van der Waals surface area contributed by atoms with E-state index in [0.29, 0.717) is 12.8 Å². The van der Waals surface area contributed by atoms with Crippen LogP contribution in [0.4, 0.5) is 0 Å². The van der Waals surface area contributed by atoms with Crippen LogP contribution in [0.2, 0.25) is 8.87 Å². The zero-order chi connectivity index (χ0) is 42.5. The summed E-state index contributed by atoms with van der Waals surface area (Å²) < 4.78 is 15.0. The summed E-state index contributed by atoms with van der Waals surface area (Å²) in [6.07, 6.45) is 43.3. The molecule has 7 heteroatoms. The molecule has 0 fully saturated rings. The molecule has 2 rings (SSSR count). The summed E-state index contributed by atoms with van der Waals surface area (Å²) in [6.45, 7) is 9.08. The molecule has 2 aromatic rings. The monoisotopic (exact) mass is 965 g/mol. The second kappa shape index (κ2) is 37.7. The van der Waals surface area contributed by atoms with Gasteiger partial charge in [0.2, 0.25) is 0 Å². The minimum atomic E-state index is -4.16. The van der Waals surface area contributed by atoms with Crippen molar-refractivity contribution in [3.05, 3.63) is 43.8 Å². The van der Waals surface area contributed by atoms with Crippen molar-refractivity contribution in [2.24, 2.45) is 0 Å². The van der Waals surface area contributed by atoms with E-state index < -0.39 is 19.2 Å². The van der Waals surface area contributed by atoms with Crippen molar-refractivity contribution in [2.45, 2.75) is 268 Å². The Balaban J connectivity index is 2.05. The predicted molar refractivity (Wildman–Crippen MR) is 261 cm³/mol. The number of carbonyl (C=O) groups excluding carboxylic acids is 2. The van der Waals surface area contributed by atoms with E-state index >= 15 is 0 Å². The van der Waals surface area contributed by atoms with Crippen molar-refractivity contribution in [1.82, 2.24) is 0 Å². The molecular weight excluding hydrogens is 871 g/mol. The maximum atomic E-state index is 14.0. The Morgan fingerprint density at radius 3 is 0.983 bits per heavy atom. The van der Waals surface area contributed by atoms with Gasteiger partial charge in [-0.3, -0.25) is 0 Å². The third kappa shape index (κ3) is 27.7. The summed E-state index contributed by atoms with van der Waals surface area (Å²) >= 11 is -0.777. The molecule has 0 spiro atoms. The average Bonchev–Trinajstić information content (AvgIpc) is 3.87. The zero-order valence-electron chi connectivity index (χ0n) is 39.1. The summed E-state index contributed by atoms with van der Waals surface area (Å²) in [4.78, 5) is 30.4. The summed E-state index contributed by atoms with van der Waals surface area (Å²) in [6, 6.07) is 4.44. The van der Waals surface area contributed by atoms with E-state index in [1.54, 1.807) is 22.7 Å². The molecule has 0 atom stereocenters. The second-order valence-electron chi connectivity index (χ2n) is 17.8. The average molecular weight is 964 g/mol. The fourth-order valence-electron chi connectivity index (χ4n) is 8.54. The van der Waals surface area contributed by atoms with Gasteiger partial charge in [0.25, 0.3) is 0 Å². The molecule has 0 aliphatic heterocycles. The molecule has 2 aromatic heterocycles. The van der Waals surface area contributed by atoms with Crippen LogP contribution in [-0.4, -0.2) is 31.1 Å². The van der Waals surface area contributed by atoms with Crippen molar-refractivity contribution >= 4 is 53.8 Å². The van der Waals surface area contributed by atoms with E-state index in [1.165, 1.54) is 191 Å². The molecular formula is C52H92O4S2Sn. The number of carbonyl (C=O) groups is 2. The summed E-state index contributed by atoms with van der Waals surface area (Å²) in [5.74, 6) is -0.315. The number of rotatable bonds is 42. The first-order valence-corrected chi connectivity index (χ1v) is 33.6. The predicted octanol–water partition coefficient (Wildman–Crippen LogP) is 17.8. The third-order valence-corrected chi connectivity index (χ3v) is 24.0. The van der Waals surface area contributed by atoms with Gasteiger partial charge in [-0.25, -0.2) is 0 Å². The van der Waals surface area contributed by atoms with Crippen molar-refractivity contribution in [3.63, 3.8) is 0 Å². The van der Waals surface area contributed by atoms with Gasteiger partial charge in [-0.15, -0.1) is 0 Å². The zero-order valence-corrected chi connectivity index (χ0v) is 43.6. The van der Waals surface area contributed by atoms with Crippen molar-refractivity contribution in [1.29, 1.82) is 0 Å². The molecule has 0 unspecified atom stereocenters. The van der Waals surface area contributed by atoms with Gasteiger partial charge in [0.05, 0.1) is 0 Å². The molecule has 2 heterocycles. The molecule has 0 aliphatic rings. The molecule has 0 bridgehead atoms. The molecule has 59 heavy (non-hydrogen) atoms. The number of hydrogen-bond donors (Lipinski definition) is 0. The topological polar surface area (TPSA) is 52.6 Å². The molecule has 0 radical (unpaired) electrons. The van der Waals surface area contributed by atoms with Crippen molar-refractivity contribution in [3.8, 4) is 0 Å². The first-order chi connectivity index (χ1) is 29.0. The Bertz CT molecular complexity index is 1170. The Kier molecular flexibility index (Phi) is 34.7. The molecule has 0 saturated heterocycles. The number of thiophene rings is 2. The van der Waals surface area contributed by atoms with E-state index in [9.17, 15) is 9.59 Å². The van der Waals surface area contributed by atoms with Crippen LogP contribution in [0.25, 0.3) is 0 Å². The second-order valence-corrected chi connectivity index (χ2v) is 29.1. The number of hydrogen-bond acceptors (Lipinski definition) is 6. The minimum Gasteiger partial charge on any atom is -0.0654 e. The van der Waals surface area contributed by atoms with Gasteiger partial charge < -0.3 is 0 Å². The SMILES string of the molecule is CCCCCCCCCCCCc1ccsc1CC(=O)[O][Sn]([CH2]CCCCCCC)([CH2]CCCCCCC)[O]C(=O)Cc1sccc1CCCCCCCCCCCC. The van der Waals surface area contributed by atoms with E-state index in [2.05, 4.69) is 50.6 Å². The third-order valence-electron chi connectivity index (χ3n) is 12.3. The van der Waals surface area contributed by atoms with Crippen LogP contribution in [-0.2, 0) is 41.4 Å².